The molecule has 2 aliphatic heterocycles. The molecule has 12 heteroatoms. The quantitative estimate of drug-likeness (QED) is 0.508. The number of carbonyl (C=O) groups is 1. The lowest BCUT2D eigenvalue weighted by molar-refractivity contribution is 0.0116. The third kappa shape index (κ3) is 6.53. The van der Waals surface area contributed by atoms with E-state index >= 15 is 0 Å². The third-order valence-corrected chi connectivity index (χ3v) is 7.01. The van der Waals surface area contributed by atoms with Gasteiger partial charge in [0.1, 0.15) is 18.2 Å². The molecule has 192 valence electrons. The van der Waals surface area contributed by atoms with Gasteiger partial charge >= 0.3 is 6.09 Å². The lowest BCUT2D eigenvalue weighted by Crippen LogP contribution is -2.53. The van der Waals surface area contributed by atoms with Crippen LogP contribution >= 0.6 is 11.2 Å². The molecule has 0 spiro atoms. The average Bonchev–Trinajstić information content (AvgIpc) is 2.79. The van der Waals surface area contributed by atoms with E-state index in [0.29, 0.717) is 36.9 Å². The fourth-order valence-electron chi connectivity index (χ4n) is 4.25. The van der Waals surface area contributed by atoms with E-state index in [-0.39, 0.29) is 36.7 Å². The lowest BCUT2D eigenvalue weighted by Gasteiger charge is -2.44. The van der Waals surface area contributed by atoms with Crippen molar-refractivity contribution in [2.75, 3.05) is 19.8 Å². The van der Waals surface area contributed by atoms with Crippen LogP contribution < -0.4 is 9.47 Å². The van der Waals surface area contributed by atoms with Crippen LogP contribution in [0.5, 0.6) is 17.5 Å². The molecule has 1 amide bonds. The highest BCUT2D eigenvalue weighted by Gasteiger charge is 2.39. The molecule has 2 aromatic rings. The summed E-state index contributed by atoms with van der Waals surface area (Å²) < 4.78 is 40.6. The maximum Gasteiger partial charge on any atom is 0.407 e. The Morgan fingerprint density at radius 3 is 2.40 bits per heavy atom. The SMILES string of the molecule is CC(C)(C)C1CC(Oc2cc(Oc3ccc(C4COS(O)(O)OC4)cc3)ncn2)CCN1C(=O)O. The Bertz CT molecular complexity index is 1020. The van der Waals surface area contributed by atoms with E-state index in [0.717, 1.165) is 5.56 Å². The van der Waals surface area contributed by atoms with Gasteiger partial charge in [0.15, 0.2) is 0 Å². The second kappa shape index (κ2) is 10.2. The van der Waals surface area contributed by atoms with E-state index in [9.17, 15) is 19.0 Å². The normalized spacial score (nSPS) is 24.0. The maximum atomic E-state index is 11.6. The highest BCUT2D eigenvalue weighted by Crippen LogP contribution is 2.46. The van der Waals surface area contributed by atoms with Gasteiger partial charge in [0.05, 0.1) is 19.3 Å². The number of benzene rings is 1. The number of aromatic nitrogens is 2. The molecule has 2 aliphatic rings. The van der Waals surface area contributed by atoms with Gasteiger partial charge in [-0.25, -0.2) is 14.8 Å². The number of hydrogen-bond acceptors (Lipinski definition) is 9. The number of hydrogen-bond donors (Lipinski definition) is 3. The molecule has 4 rings (SSSR count). The zero-order valence-electron chi connectivity index (χ0n) is 19.9. The monoisotopic (exact) mass is 509 g/mol. The van der Waals surface area contributed by atoms with Gasteiger partial charge in [-0.05, 0) is 23.1 Å². The molecule has 3 heterocycles. The van der Waals surface area contributed by atoms with Gasteiger partial charge in [-0.15, -0.1) is 0 Å². The van der Waals surface area contributed by atoms with E-state index in [2.05, 4.69) is 9.97 Å². The predicted octanol–water partition coefficient (Wildman–Crippen LogP) is 4.92. The molecule has 3 N–H and O–H groups in total. The molecule has 1 aromatic carbocycles. The number of ether oxygens (including phenoxy) is 2. The topological polar surface area (TPSA) is 144 Å². The molecule has 0 bridgehead atoms. The Kier molecular flexibility index (Phi) is 7.38. The summed E-state index contributed by atoms with van der Waals surface area (Å²) in [5.74, 6) is 1.12. The van der Waals surface area contributed by atoms with Gasteiger partial charge in [-0.1, -0.05) is 32.9 Å². The summed E-state index contributed by atoms with van der Waals surface area (Å²) in [4.78, 5) is 21.5. The number of piperidine rings is 1. The summed E-state index contributed by atoms with van der Waals surface area (Å²) in [5.41, 5.74) is 0.697. The lowest BCUT2D eigenvalue weighted by atomic mass is 9.80. The van der Waals surface area contributed by atoms with E-state index in [4.69, 9.17) is 17.8 Å². The van der Waals surface area contributed by atoms with Crippen molar-refractivity contribution in [2.24, 2.45) is 5.41 Å². The second-order valence-corrected chi connectivity index (χ2v) is 11.1. The molecule has 2 atom stereocenters. The van der Waals surface area contributed by atoms with Crippen LogP contribution in [-0.2, 0) is 8.37 Å². The van der Waals surface area contributed by atoms with Crippen LogP contribution in [0.2, 0.25) is 0 Å². The second-order valence-electron chi connectivity index (χ2n) is 9.70. The number of carboxylic acid groups (broad SMARTS) is 1. The Balaban J connectivity index is 1.37. The van der Waals surface area contributed by atoms with Crippen molar-refractivity contribution in [3.63, 3.8) is 0 Å². The molecule has 0 saturated carbocycles. The molecule has 2 unspecified atom stereocenters. The van der Waals surface area contributed by atoms with Crippen LogP contribution in [0.1, 0.15) is 45.1 Å². The molecule has 35 heavy (non-hydrogen) atoms. The van der Waals surface area contributed by atoms with Crippen LogP contribution in [-0.4, -0.2) is 67.1 Å². The number of rotatable bonds is 5. The van der Waals surface area contributed by atoms with E-state index < -0.39 is 17.2 Å². The molecular formula is C23H31N3O8S. The van der Waals surface area contributed by atoms with E-state index in [1.54, 1.807) is 18.2 Å². The van der Waals surface area contributed by atoms with Crippen molar-refractivity contribution in [3.05, 3.63) is 42.2 Å². The van der Waals surface area contributed by atoms with Gasteiger partial charge in [0, 0.05) is 31.3 Å². The molecule has 0 radical (unpaired) electrons. The fraction of sp³-hybridized carbons (Fsp3) is 0.522. The average molecular weight is 510 g/mol. The van der Waals surface area contributed by atoms with Crippen molar-refractivity contribution < 1.29 is 36.8 Å². The van der Waals surface area contributed by atoms with Crippen LogP contribution in [0, 0.1) is 5.41 Å². The minimum atomic E-state index is -3.38. The van der Waals surface area contributed by atoms with Crippen LogP contribution in [0.4, 0.5) is 4.79 Å². The first-order valence-electron chi connectivity index (χ1n) is 11.3. The molecule has 1 aromatic heterocycles. The summed E-state index contributed by atoms with van der Waals surface area (Å²) in [6, 6.07) is 8.70. The Labute approximate surface area is 205 Å². The fourth-order valence-corrected chi connectivity index (χ4v) is 5.00. The minimum absolute atomic E-state index is 0.118. The van der Waals surface area contributed by atoms with Crippen LogP contribution in [0.3, 0.4) is 0 Å². The van der Waals surface area contributed by atoms with Gasteiger partial charge in [0.2, 0.25) is 22.9 Å². The van der Waals surface area contributed by atoms with Gasteiger partial charge in [-0.2, -0.15) is 0 Å². The van der Waals surface area contributed by atoms with Crippen molar-refractivity contribution in [1.82, 2.24) is 14.9 Å². The highest BCUT2D eigenvalue weighted by molar-refractivity contribution is 8.16. The summed E-state index contributed by atoms with van der Waals surface area (Å²) in [6.07, 6.45) is 1.43. The molecule has 11 nitrogen and oxygen atoms in total. The zero-order chi connectivity index (χ0) is 25.2. The standard InChI is InChI=1S/C23H31N3O8S/c1-23(2,3)19-10-18(8-9-26(19)22(27)28)34-21-11-20(24-14-25-21)33-17-6-4-15(5-7-17)16-12-31-35(29,30)32-13-16/h4-7,11,14,16,18-19,29-30H,8-10,12-13H2,1-3H3,(H,27,28). The van der Waals surface area contributed by atoms with Crippen molar-refractivity contribution in [1.29, 1.82) is 0 Å². The third-order valence-electron chi connectivity index (χ3n) is 6.12. The van der Waals surface area contributed by atoms with Crippen molar-refractivity contribution in [3.8, 4) is 17.5 Å². The van der Waals surface area contributed by atoms with Crippen LogP contribution in [0.15, 0.2) is 36.7 Å². The minimum Gasteiger partial charge on any atom is -0.474 e. The Morgan fingerprint density at radius 2 is 1.77 bits per heavy atom. The number of nitrogens with zero attached hydrogens (tertiary/aromatic N) is 3. The first kappa shape index (κ1) is 25.5. The summed E-state index contributed by atoms with van der Waals surface area (Å²) in [7, 11) is 0. The van der Waals surface area contributed by atoms with Crippen molar-refractivity contribution >= 4 is 17.2 Å². The van der Waals surface area contributed by atoms with Gasteiger partial charge in [-0.3, -0.25) is 17.5 Å². The number of likely N-dealkylation sites (tertiary alicyclic amines) is 1. The van der Waals surface area contributed by atoms with E-state index in [1.807, 2.05) is 32.9 Å². The van der Waals surface area contributed by atoms with Gasteiger partial charge in [0.25, 0.3) is 0 Å². The predicted molar refractivity (Wildman–Crippen MR) is 128 cm³/mol. The largest absolute Gasteiger partial charge is 0.474 e. The molecule has 0 aliphatic carbocycles. The maximum absolute atomic E-state index is 11.6. The molecular weight excluding hydrogens is 478 g/mol. The number of amides is 1. The Morgan fingerprint density at radius 1 is 1.11 bits per heavy atom. The summed E-state index contributed by atoms with van der Waals surface area (Å²) in [6.45, 7) is 6.78. The Hall–Kier alpha value is -2.64. The van der Waals surface area contributed by atoms with Gasteiger partial charge < -0.3 is 19.5 Å². The summed E-state index contributed by atoms with van der Waals surface area (Å²) >= 11 is -3.38. The summed E-state index contributed by atoms with van der Waals surface area (Å²) in [5, 5.41) is 9.55. The smallest absolute Gasteiger partial charge is 0.407 e. The molecule has 2 fully saturated rings. The van der Waals surface area contributed by atoms with Crippen LogP contribution in [0.25, 0.3) is 0 Å². The molecule has 2 saturated heterocycles. The zero-order valence-corrected chi connectivity index (χ0v) is 20.7. The first-order valence-corrected chi connectivity index (χ1v) is 12.7. The van der Waals surface area contributed by atoms with E-state index in [1.165, 1.54) is 11.2 Å². The first-order chi connectivity index (χ1) is 16.5. The highest BCUT2D eigenvalue weighted by atomic mass is 32.3. The van der Waals surface area contributed by atoms with Crippen molar-refractivity contribution in [2.45, 2.75) is 51.7 Å².